The Morgan fingerprint density at radius 1 is 0.974 bits per heavy atom. The van der Waals surface area contributed by atoms with E-state index in [-0.39, 0.29) is 29.5 Å². The molecule has 202 valence electrons. The minimum absolute atomic E-state index is 0.159. The molecule has 1 aliphatic rings. The molecule has 1 fully saturated rings. The van der Waals surface area contributed by atoms with E-state index in [0.29, 0.717) is 63.7 Å². The van der Waals surface area contributed by atoms with Crippen molar-refractivity contribution in [3.63, 3.8) is 0 Å². The van der Waals surface area contributed by atoms with Crippen molar-refractivity contribution >= 4 is 17.9 Å². The molecule has 0 saturated carbocycles. The maximum Gasteiger partial charge on any atom is 0.409 e. The topological polar surface area (TPSA) is 88.2 Å². The third-order valence-corrected chi connectivity index (χ3v) is 6.44. The lowest BCUT2D eigenvalue weighted by Gasteiger charge is -2.33. The fourth-order valence-corrected chi connectivity index (χ4v) is 4.45. The Balaban J connectivity index is 1.38. The number of carbonyl (C=O) groups is 3. The molecular formula is C28H33FN4O5. The molecule has 38 heavy (non-hydrogen) atoms. The molecule has 4 rings (SSSR count). The van der Waals surface area contributed by atoms with Crippen molar-refractivity contribution in [1.29, 1.82) is 0 Å². The van der Waals surface area contributed by atoms with Gasteiger partial charge in [0.25, 0.3) is 11.8 Å². The molecule has 0 bridgehead atoms. The van der Waals surface area contributed by atoms with E-state index in [9.17, 15) is 18.8 Å². The Morgan fingerprint density at radius 3 is 2.37 bits per heavy atom. The maximum absolute atomic E-state index is 13.3. The van der Waals surface area contributed by atoms with Gasteiger partial charge in [-0.25, -0.2) is 9.18 Å². The van der Waals surface area contributed by atoms with Crippen LogP contribution in [0, 0.1) is 5.82 Å². The van der Waals surface area contributed by atoms with Crippen molar-refractivity contribution in [2.75, 3.05) is 39.3 Å². The van der Waals surface area contributed by atoms with E-state index in [1.54, 1.807) is 33.8 Å². The van der Waals surface area contributed by atoms with Crippen LogP contribution in [0.3, 0.4) is 0 Å². The molecule has 9 nitrogen and oxygen atoms in total. The molecule has 3 heterocycles. The zero-order chi connectivity index (χ0) is 27.1. The summed E-state index contributed by atoms with van der Waals surface area (Å²) in [6, 6.07) is 12.9. The van der Waals surface area contributed by atoms with Crippen molar-refractivity contribution in [3.8, 4) is 0 Å². The van der Waals surface area contributed by atoms with E-state index < -0.39 is 0 Å². The van der Waals surface area contributed by atoms with Gasteiger partial charge in [-0.3, -0.25) is 9.59 Å². The number of amides is 3. The van der Waals surface area contributed by atoms with Crippen molar-refractivity contribution in [1.82, 2.24) is 19.3 Å². The molecule has 0 radical (unpaired) electrons. The molecule has 2 aromatic heterocycles. The average molecular weight is 525 g/mol. The van der Waals surface area contributed by atoms with Crippen LogP contribution in [0.4, 0.5) is 9.18 Å². The molecule has 0 spiro atoms. The molecular weight excluding hydrogens is 491 g/mol. The van der Waals surface area contributed by atoms with Crippen molar-refractivity contribution in [2.24, 2.45) is 0 Å². The summed E-state index contributed by atoms with van der Waals surface area (Å²) in [5, 5.41) is 0. The van der Waals surface area contributed by atoms with Crippen LogP contribution in [-0.2, 0) is 17.8 Å². The zero-order valence-electron chi connectivity index (χ0n) is 21.8. The first-order valence-electron chi connectivity index (χ1n) is 12.9. The summed E-state index contributed by atoms with van der Waals surface area (Å²) in [6.45, 7) is 7.06. The number of nitrogens with zero attached hydrogens (tertiary/aromatic N) is 4. The molecule has 0 aliphatic carbocycles. The second-order valence-electron chi connectivity index (χ2n) is 9.11. The number of halogens is 1. The van der Waals surface area contributed by atoms with E-state index in [0.717, 1.165) is 12.1 Å². The van der Waals surface area contributed by atoms with Crippen LogP contribution in [0.15, 0.2) is 59.1 Å². The molecule has 3 aromatic rings. The monoisotopic (exact) mass is 524 g/mol. The summed E-state index contributed by atoms with van der Waals surface area (Å²) in [4.78, 5) is 42.9. The van der Waals surface area contributed by atoms with Gasteiger partial charge in [0.2, 0.25) is 0 Å². The first-order chi connectivity index (χ1) is 18.4. The Bertz CT molecular complexity index is 1240. The lowest BCUT2D eigenvalue weighted by molar-refractivity contribution is 0.0544. The number of aromatic nitrogens is 1. The normalized spacial score (nSPS) is 13.4. The van der Waals surface area contributed by atoms with Crippen LogP contribution < -0.4 is 0 Å². The van der Waals surface area contributed by atoms with Gasteiger partial charge in [-0.15, -0.1) is 0 Å². The molecule has 3 amide bonds. The summed E-state index contributed by atoms with van der Waals surface area (Å²) in [6.07, 6.45) is 2.32. The minimum atomic E-state index is -0.382. The van der Waals surface area contributed by atoms with Crippen LogP contribution in [0.2, 0.25) is 0 Å². The Hall–Kier alpha value is -4.08. The first-order valence-corrected chi connectivity index (χ1v) is 12.9. The number of carbonyl (C=O) groups excluding carboxylic acids is 3. The van der Waals surface area contributed by atoms with Crippen LogP contribution in [0.25, 0.3) is 0 Å². The maximum atomic E-state index is 13.3. The lowest BCUT2D eigenvalue weighted by atomic mass is 10.2. The van der Waals surface area contributed by atoms with Gasteiger partial charge in [0.05, 0.1) is 19.7 Å². The Kier molecular flexibility index (Phi) is 8.83. The predicted molar refractivity (Wildman–Crippen MR) is 138 cm³/mol. The number of furan rings is 1. The van der Waals surface area contributed by atoms with Crippen molar-refractivity contribution in [2.45, 2.75) is 33.4 Å². The Morgan fingerprint density at radius 2 is 1.68 bits per heavy atom. The quantitative estimate of drug-likeness (QED) is 0.418. The number of hydrogen-bond acceptors (Lipinski definition) is 5. The number of benzene rings is 1. The Labute approximate surface area is 221 Å². The fraction of sp³-hybridized carbons (Fsp3) is 0.393. The van der Waals surface area contributed by atoms with Crippen molar-refractivity contribution in [3.05, 3.63) is 83.3 Å². The molecule has 1 saturated heterocycles. The van der Waals surface area contributed by atoms with Gasteiger partial charge < -0.3 is 28.4 Å². The highest BCUT2D eigenvalue weighted by atomic mass is 19.1. The van der Waals surface area contributed by atoms with Crippen molar-refractivity contribution < 1.29 is 27.9 Å². The van der Waals surface area contributed by atoms with E-state index in [2.05, 4.69) is 0 Å². The second-order valence-corrected chi connectivity index (χ2v) is 9.11. The summed E-state index contributed by atoms with van der Waals surface area (Å²) >= 11 is 0. The van der Waals surface area contributed by atoms with E-state index in [4.69, 9.17) is 9.15 Å². The van der Waals surface area contributed by atoms with Gasteiger partial charge in [-0.2, -0.15) is 0 Å². The summed E-state index contributed by atoms with van der Waals surface area (Å²) in [7, 11) is 0. The van der Waals surface area contributed by atoms with Gasteiger partial charge in [0.1, 0.15) is 11.6 Å². The molecule has 0 N–H and O–H groups in total. The van der Waals surface area contributed by atoms with E-state index in [1.807, 2.05) is 29.8 Å². The van der Waals surface area contributed by atoms with Crippen LogP contribution in [0.1, 0.15) is 52.6 Å². The third kappa shape index (κ3) is 6.42. The number of rotatable bonds is 9. The summed E-state index contributed by atoms with van der Waals surface area (Å²) < 4.78 is 26.2. The lowest BCUT2D eigenvalue weighted by Crippen LogP contribution is -2.50. The van der Waals surface area contributed by atoms with Gasteiger partial charge in [-0.05, 0) is 61.9 Å². The van der Waals surface area contributed by atoms with Gasteiger partial charge in [0, 0.05) is 50.2 Å². The summed E-state index contributed by atoms with van der Waals surface area (Å²) in [5.74, 6) is 0.105. The van der Waals surface area contributed by atoms with E-state index in [1.165, 1.54) is 24.3 Å². The minimum Gasteiger partial charge on any atom is -0.454 e. The standard InChI is InChI=1S/C28H33FN4O5/c1-3-13-33(26(34)21-7-9-22(29)10-8-21)19-23-6-5-14-32(23)20-24-11-12-25(38-24)27(35)30-15-17-31(18-16-30)28(36)37-4-2/h5-12,14H,3-4,13,15-20H2,1-2H3. The first kappa shape index (κ1) is 27.0. The second kappa shape index (κ2) is 12.4. The van der Waals surface area contributed by atoms with Crippen LogP contribution >= 0.6 is 0 Å². The number of hydrogen-bond donors (Lipinski definition) is 0. The number of ether oxygens (including phenoxy) is 1. The molecule has 0 unspecified atom stereocenters. The number of piperazine rings is 1. The van der Waals surface area contributed by atoms with Gasteiger partial charge in [-0.1, -0.05) is 6.92 Å². The highest BCUT2D eigenvalue weighted by molar-refractivity contribution is 5.94. The summed E-state index contributed by atoms with van der Waals surface area (Å²) in [5.41, 5.74) is 1.35. The zero-order valence-corrected chi connectivity index (χ0v) is 21.8. The van der Waals surface area contributed by atoms with Crippen LogP contribution in [0.5, 0.6) is 0 Å². The fourth-order valence-electron chi connectivity index (χ4n) is 4.45. The highest BCUT2D eigenvalue weighted by Crippen LogP contribution is 2.17. The van der Waals surface area contributed by atoms with Gasteiger partial charge >= 0.3 is 6.09 Å². The SMILES string of the molecule is CCCN(Cc1cccn1Cc1ccc(C(=O)N2CCN(C(=O)OCC)CC2)o1)C(=O)c1ccc(F)cc1. The third-order valence-electron chi connectivity index (χ3n) is 6.44. The molecule has 0 atom stereocenters. The van der Waals surface area contributed by atoms with E-state index >= 15 is 0 Å². The van der Waals surface area contributed by atoms with Gasteiger partial charge in [0.15, 0.2) is 5.76 Å². The molecule has 10 heteroatoms. The molecule has 1 aromatic carbocycles. The highest BCUT2D eigenvalue weighted by Gasteiger charge is 2.27. The van der Waals surface area contributed by atoms with Crippen LogP contribution in [-0.4, -0.2) is 76.5 Å². The smallest absolute Gasteiger partial charge is 0.409 e. The average Bonchev–Trinajstić information content (AvgIpc) is 3.58. The predicted octanol–water partition coefficient (Wildman–Crippen LogP) is 4.24. The largest absolute Gasteiger partial charge is 0.454 e. The molecule has 1 aliphatic heterocycles.